The number of para-hydroxylation sites is 1. The van der Waals surface area contributed by atoms with Crippen molar-refractivity contribution in [3.05, 3.63) is 102 Å². The summed E-state index contributed by atoms with van der Waals surface area (Å²) in [6, 6.07) is 20.0. The van der Waals surface area contributed by atoms with E-state index in [0.717, 1.165) is 33.6 Å². The van der Waals surface area contributed by atoms with E-state index in [1.54, 1.807) is 18.3 Å². The summed E-state index contributed by atoms with van der Waals surface area (Å²) in [4.78, 5) is 29.8. The van der Waals surface area contributed by atoms with Gasteiger partial charge >= 0.3 is 0 Å². The van der Waals surface area contributed by atoms with E-state index in [-0.39, 0.29) is 18.0 Å². The van der Waals surface area contributed by atoms with Crippen LogP contribution in [0.25, 0.3) is 10.9 Å². The van der Waals surface area contributed by atoms with Crippen LogP contribution < -0.4 is 15.4 Å². The molecule has 0 saturated carbocycles. The minimum absolute atomic E-state index is 0.0384. The van der Waals surface area contributed by atoms with Gasteiger partial charge in [-0.25, -0.2) is 8.78 Å². The predicted octanol–water partition coefficient (Wildman–Crippen LogP) is 5.18. The van der Waals surface area contributed by atoms with E-state index < -0.39 is 17.5 Å². The van der Waals surface area contributed by atoms with Crippen molar-refractivity contribution < 1.29 is 18.4 Å². The first kappa shape index (κ1) is 24.2. The summed E-state index contributed by atoms with van der Waals surface area (Å²) < 4.78 is 29.5. The zero-order valence-corrected chi connectivity index (χ0v) is 19.4. The van der Waals surface area contributed by atoms with Crippen LogP contribution in [0.5, 0.6) is 0 Å². The smallest absolute Gasteiger partial charge is 0.251 e. The van der Waals surface area contributed by atoms with Gasteiger partial charge in [0.25, 0.3) is 11.8 Å². The van der Waals surface area contributed by atoms with Crippen molar-refractivity contribution in [1.82, 2.24) is 15.6 Å². The number of benzene rings is 3. The van der Waals surface area contributed by atoms with Gasteiger partial charge in [-0.2, -0.15) is 0 Å². The average molecular weight is 493 g/mol. The van der Waals surface area contributed by atoms with Crippen LogP contribution in [0.1, 0.15) is 27.1 Å². The van der Waals surface area contributed by atoms with Crippen LogP contribution in [0.4, 0.5) is 14.5 Å². The summed E-state index contributed by atoms with van der Waals surface area (Å²) in [6.45, 7) is 0.627. The number of rotatable bonds is 9. The van der Waals surface area contributed by atoms with Gasteiger partial charge in [-0.3, -0.25) is 14.6 Å². The van der Waals surface area contributed by atoms with E-state index in [0.29, 0.717) is 18.5 Å². The lowest BCUT2D eigenvalue weighted by Crippen LogP contribution is -2.30. The fourth-order valence-corrected chi connectivity index (χ4v) is 4.07. The summed E-state index contributed by atoms with van der Waals surface area (Å²) in [6.07, 6.45) is 2.25. The van der Waals surface area contributed by atoms with Gasteiger partial charge in [0.1, 0.15) is 0 Å². The maximum atomic E-state index is 13.2. The Labute approximate surface area is 205 Å². The number of nitrogens with zero attached hydrogens (tertiary/aromatic N) is 1. The molecule has 0 aliphatic rings. The minimum Gasteiger partial charge on any atom is -0.352 e. The topological polar surface area (TPSA) is 83.1 Å². The highest BCUT2D eigenvalue weighted by Gasteiger charge is 2.10. The molecule has 1 aromatic heterocycles. The molecular formula is C26H22F2N4O2S. The molecule has 2 amide bonds. The van der Waals surface area contributed by atoms with Gasteiger partial charge in [0, 0.05) is 41.5 Å². The first-order valence-electron chi connectivity index (χ1n) is 10.9. The number of nitrogens with one attached hydrogen (secondary N) is 3. The van der Waals surface area contributed by atoms with Crippen molar-refractivity contribution in [3.63, 3.8) is 0 Å². The number of hydrogen-bond donors (Lipinski definition) is 3. The molecule has 0 spiro atoms. The molecule has 0 atom stereocenters. The number of aromatic nitrogens is 1. The monoisotopic (exact) mass is 492 g/mol. The van der Waals surface area contributed by atoms with Crippen LogP contribution >= 0.6 is 11.9 Å². The number of hydrogen-bond acceptors (Lipinski definition) is 5. The molecule has 3 aromatic carbocycles. The van der Waals surface area contributed by atoms with E-state index >= 15 is 0 Å². The molecule has 0 aliphatic carbocycles. The number of pyridine rings is 1. The number of carbonyl (C=O) groups excluding carboxylic acids is 2. The maximum absolute atomic E-state index is 13.2. The van der Waals surface area contributed by atoms with Crippen molar-refractivity contribution >= 4 is 40.4 Å². The zero-order chi connectivity index (χ0) is 24.6. The lowest BCUT2D eigenvalue weighted by molar-refractivity contribution is 0.0951. The Morgan fingerprint density at radius 3 is 2.23 bits per heavy atom. The highest BCUT2D eigenvalue weighted by Crippen LogP contribution is 2.27. The third kappa shape index (κ3) is 6.33. The molecule has 0 radical (unpaired) electrons. The lowest BCUT2D eigenvalue weighted by Gasteiger charge is -2.09. The van der Waals surface area contributed by atoms with Gasteiger partial charge in [-0.15, -0.1) is 0 Å². The maximum Gasteiger partial charge on any atom is 0.251 e. The molecule has 4 rings (SSSR count). The molecule has 6 nitrogen and oxygen atoms in total. The summed E-state index contributed by atoms with van der Waals surface area (Å²) >= 11 is 1.45. The van der Waals surface area contributed by atoms with Crippen molar-refractivity contribution in [2.24, 2.45) is 0 Å². The molecule has 9 heteroatoms. The van der Waals surface area contributed by atoms with Gasteiger partial charge in [0.15, 0.2) is 11.6 Å². The third-order valence-corrected chi connectivity index (χ3v) is 6.02. The first-order chi connectivity index (χ1) is 17.0. The molecule has 1 heterocycles. The number of halogens is 2. The van der Waals surface area contributed by atoms with Gasteiger partial charge in [0.05, 0.1) is 10.4 Å². The zero-order valence-electron chi connectivity index (χ0n) is 18.6. The molecule has 178 valence electrons. The number of anilines is 1. The summed E-state index contributed by atoms with van der Waals surface area (Å²) in [5.74, 6) is -2.81. The quantitative estimate of drug-likeness (QED) is 0.222. The second-order valence-electron chi connectivity index (χ2n) is 7.61. The Kier molecular flexibility index (Phi) is 7.89. The standard InChI is InChI=1S/C26H22F2N4O2S/c27-21-12-9-19(16-22(21)28)26(34)31-15-3-14-30-25(33)18-7-10-20(11-8-18)32-35-23-6-1-4-17-5-2-13-29-24(17)23/h1-2,4-13,16,32H,3,14-15H2,(H,30,33)(H,31,34). The molecule has 0 aliphatic heterocycles. The Morgan fingerprint density at radius 2 is 1.49 bits per heavy atom. The van der Waals surface area contributed by atoms with E-state index in [1.807, 2.05) is 42.5 Å². The summed E-state index contributed by atoms with van der Waals surface area (Å²) in [5, 5.41) is 6.47. The Balaban J connectivity index is 1.20. The van der Waals surface area contributed by atoms with E-state index in [2.05, 4.69) is 20.3 Å². The largest absolute Gasteiger partial charge is 0.352 e. The van der Waals surface area contributed by atoms with Crippen LogP contribution in [0.15, 0.2) is 83.9 Å². The Bertz CT molecular complexity index is 1340. The molecule has 0 fully saturated rings. The molecular weight excluding hydrogens is 470 g/mol. The van der Waals surface area contributed by atoms with Gasteiger partial charge in [-0.1, -0.05) is 18.2 Å². The normalized spacial score (nSPS) is 10.7. The fourth-order valence-electron chi connectivity index (χ4n) is 3.30. The average Bonchev–Trinajstić information content (AvgIpc) is 2.89. The number of fused-ring (bicyclic) bond motifs is 1. The van der Waals surface area contributed by atoms with Crippen molar-refractivity contribution in [1.29, 1.82) is 0 Å². The van der Waals surface area contributed by atoms with Crippen LogP contribution in [-0.4, -0.2) is 29.9 Å². The summed E-state index contributed by atoms with van der Waals surface area (Å²) in [7, 11) is 0. The van der Waals surface area contributed by atoms with E-state index in [4.69, 9.17) is 0 Å². The van der Waals surface area contributed by atoms with Crippen LogP contribution in [0.3, 0.4) is 0 Å². The van der Waals surface area contributed by atoms with E-state index in [9.17, 15) is 18.4 Å². The van der Waals surface area contributed by atoms with Crippen molar-refractivity contribution in [3.8, 4) is 0 Å². The lowest BCUT2D eigenvalue weighted by atomic mass is 10.2. The highest BCUT2D eigenvalue weighted by molar-refractivity contribution is 8.00. The highest BCUT2D eigenvalue weighted by atomic mass is 32.2. The molecule has 0 unspecified atom stereocenters. The Hall–Kier alpha value is -3.98. The van der Waals surface area contributed by atoms with E-state index in [1.165, 1.54) is 18.0 Å². The van der Waals surface area contributed by atoms with Crippen LogP contribution in [-0.2, 0) is 0 Å². The number of carbonyl (C=O) groups is 2. The first-order valence-corrected chi connectivity index (χ1v) is 11.7. The summed E-state index contributed by atoms with van der Waals surface area (Å²) in [5.41, 5.74) is 2.32. The van der Waals surface area contributed by atoms with Gasteiger partial charge in [-0.05, 0) is 73.0 Å². The van der Waals surface area contributed by atoms with Crippen LogP contribution in [0, 0.1) is 11.6 Å². The van der Waals surface area contributed by atoms with Crippen LogP contribution in [0.2, 0.25) is 0 Å². The molecule has 35 heavy (non-hydrogen) atoms. The molecule has 0 bridgehead atoms. The second-order valence-corrected chi connectivity index (χ2v) is 8.46. The van der Waals surface area contributed by atoms with Gasteiger partial charge in [0.2, 0.25) is 0 Å². The molecule has 3 N–H and O–H groups in total. The van der Waals surface area contributed by atoms with Gasteiger partial charge < -0.3 is 15.4 Å². The number of amides is 2. The Morgan fingerprint density at radius 1 is 0.800 bits per heavy atom. The molecule has 0 saturated heterocycles. The SMILES string of the molecule is O=C(NCCCNC(=O)c1ccc(F)c(F)c1)c1ccc(NSc2cccc3cccnc23)cc1. The third-order valence-electron chi connectivity index (χ3n) is 5.13. The second kappa shape index (κ2) is 11.4. The fraction of sp³-hybridized carbons (Fsp3) is 0.115. The van der Waals surface area contributed by atoms with Crippen molar-refractivity contribution in [2.45, 2.75) is 11.3 Å². The minimum atomic E-state index is -1.07. The van der Waals surface area contributed by atoms with Crippen molar-refractivity contribution in [2.75, 3.05) is 17.8 Å². The predicted molar refractivity (Wildman–Crippen MR) is 133 cm³/mol. The molecule has 4 aromatic rings.